The molecule has 0 spiro atoms. The smallest absolute Gasteiger partial charge is 0.233 e. The second-order valence-electron chi connectivity index (χ2n) is 4.54. The van der Waals surface area contributed by atoms with Crippen molar-refractivity contribution in [2.24, 2.45) is 5.84 Å². The van der Waals surface area contributed by atoms with Crippen LogP contribution in [0.4, 0.5) is 0 Å². The number of ether oxygens (including phenoxy) is 1. The number of carbonyl (C=O) groups excluding carboxylic acids is 1. The summed E-state index contributed by atoms with van der Waals surface area (Å²) >= 11 is 0. The zero-order chi connectivity index (χ0) is 13.5. The molecule has 1 amide bonds. The van der Waals surface area contributed by atoms with Crippen molar-refractivity contribution >= 4 is 5.91 Å². The summed E-state index contributed by atoms with van der Waals surface area (Å²) in [7, 11) is 1.69. The first-order chi connectivity index (χ1) is 8.58. The summed E-state index contributed by atoms with van der Waals surface area (Å²) in [5.74, 6) is 5.86. The van der Waals surface area contributed by atoms with Crippen molar-refractivity contribution in [1.29, 1.82) is 0 Å². The van der Waals surface area contributed by atoms with Crippen molar-refractivity contribution in [2.45, 2.75) is 39.5 Å². The fourth-order valence-electron chi connectivity index (χ4n) is 2.12. The molecule has 1 aromatic rings. The molecule has 3 N–H and O–H groups in total. The minimum atomic E-state index is -0.109. The molecule has 0 saturated carbocycles. The molecule has 0 aromatic heterocycles. The maximum absolute atomic E-state index is 11.0. The van der Waals surface area contributed by atoms with Gasteiger partial charge >= 0.3 is 0 Å². The number of hydrogen-bond acceptors (Lipinski definition) is 3. The third-order valence-electron chi connectivity index (χ3n) is 3.04. The van der Waals surface area contributed by atoms with E-state index in [2.05, 4.69) is 31.4 Å². The highest BCUT2D eigenvalue weighted by molar-refractivity contribution is 5.75. The number of carbonyl (C=O) groups is 1. The fourth-order valence-corrected chi connectivity index (χ4v) is 2.12. The Bertz CT molecular complexity index is 417. The summed E-state index contributed by atoms with van der Waals surface area (Å²) in [5.41, 5.74) is 5.82. The van der Waals surface area contributed by atoms with Crippen LogP contribution < -0.4 is 16.0 Å². The van der Waals surface area contributed by atoms with Gasteiger partial charge in [-0.25, -0.2) is 5.84 Å². The third-order valence-corrected chi connectivity index (χ3v) is 3.04. The molecule has 100 valence electrons. The number of benzene rings is 1. The quantitative estimate of drug-likeness (QED) is 0.351. The van der Waals surface area contributed by atoms with Crippen LogP contribution in [-0.2, 0) is 11.2 Å². The van der Waals surface area contributed by atoms with E-state index in [1.54, 1.807) is 7.11 Å². The SMILES string of the molecule is COc1cc(C)cc(C)c1CCCCC(=O)NN. The molecule has 0 fully saturated rings. The van der Waals surface area contributed by atoms with E-state index >= 15 is 0 Å². The lowest BCUT2D eigenvalue weighted by atomic mass is 9.99. The van der Waals surface area contributed by atoms with Crippen LogP contribution in [-0.4, -0.2) is 13.0 Å². The highest BCUT2D eigenvalue weighted by atomic mass is 16.5. The Morgan fingerprint density at radius 2 is 2.06 bits per heavy atom. The Kier molecular flexibility index (Phi) is 5.65. The summed E-state index contributed by atoms with van der Waals surface area (Å²) in [6, 6.07) is 4.21. The van der Waals surface area contributed by atoms with Gasteiger partial charge in [0.25, 0.3) is 0 Å². The summed E-state index contributed by atoms with van der Waals surface area (Å²) in [6.07, 6.45) is 3.18. The fraction of sp³-hybridized carbons (Fsp3) is 0.500. The van der Waals surface area contributed by atoms with Gasteiger partial charge in [-0.05, 0) is 55.9 Å². The van der Waals surface area contributed by atoms with E-state index < -0.39 is 0 Å². The Morgan fingerprint density at radius 3 is 2.67 bits per heavy atom. The summed E-state index contributed by atoms with van der Waals surface area (Å²) in [6.45, 7) is 4.16. The van der Waals surface area contributed by atoms with Crippen molar-refractivity contribution in [3.05, 3.63) is 28.8 Å². The van der Waals surface area contributed by atoms with E-state index in [-0.39, 0.29) is 5.91 Å². The summed E-state index contributed by atoms with van der Waals surface area (Å²) in [4.78, 5) is 11.0. The Labute approximate surface area is 108 Å². The highest BCUT2D eigenvalue weighted by Crippen LogP contribution is 2.25. The lowest BCUT2D eigenvalue weighted by Crippen LogP contribution is -2.29. The minimum Gasteiger partial charge on any atom is -0.496 e. The van der Waals surface area contributed by atoms with Gasteiger partial charge in [0.2, 0.25) is 5.91 Å². The van der Waals surface area contributed by atoms with Crippen LogP contribution in [0.15, 0.2) is 12.1 Å². The predicted octanol–water partition coefficient (Wildman–Crippen LogP) is 2.01. The molecule has 18 heavy (non-hydrogen) atoms. The Balaban J connectivity index is 2.59. The molecule has 4 nitrogen and oxygen atoms in total. The molecule has 1 rings (SSSR count). The second-order valence-corrected chi connectivity index (χ2v) is 4.54. The molecule has 0 atom stereocenters. The molecular weight excluding hydrogens is 228 g/mol. The van der Waals surface area contributed by atoms with E-state index in [0.29, 0.717) is 6.42 Å². The average Bonchev–Trinajstić information content (AvgIpc) is 2.35. The monoisotopic (exact) mass is 250 g/mol. The van der Waals surface area contributed by atoms with Gasteiger partial charge in [0.15, 0.2) is 0 Å². The van der Waals surface area contributed by atoms with Gasteiger partial charge in [-0.3, -0.25) is 10.2 Å². The van der Waals surface area contributed by atoms with Crippen LogP contribution in [0.2, 0.25) is 0 Å². The van der Waals surface area contributed by atoms with Crippen LogP contribution >= 0.6 is 0 Å². The standard InChI is InChI=1S/C14H22N2O2/c1-10-8-11(2)12(13(9-10)18-3)6-4-5-7-14(17)16-15/h8-9H,4-7,15H2,1-3H3,(H,16,17). The van der Waals surface area contributed by atoms with Crippen LogP contribution in [0.3, 0.4) is 0 Å². The maximum Gasteiger partial charge on any atom is 0.233 e. The number of hydrogen-bond donors (Lipinski definition) is 2. The molecule has 0 bridgehead atoms. The number of nitrogens with one attached hydrogen (secondary N) is 1. The maximum atomic E-state index is 11.0. The van der Waals surface area contributed by atoms with Crippen molar-refractivity contribution < 1.29 is 9.53 Å². The molecule has 0 aliphatic carbocycles. The highest BCUT2D eigenvalue weighted by Gasteiger charge is 2.08. The van der Waals surface area contributed by atoms with Crippen molar-refractivity contribution in [3.8, 4) is 5.75 Å². The number of nitrogens with two attached hydrogens (primary N) is 1. The molecular formula is C14H22N2O2. The largest absolute Gasteiger partial charge is 0.496 e. The number of unbranched alkanes of at least 4 members (excludes halogenated alkanes) is 1. The summed E-state index contributed by atoms with van der Waals surface area (Å²) in [5, 5.41) is 0. The van der Waals surface area contributed by atoms with Crippen molar-refractivity contribution in [1.82, 2.24) is 5.43 Å². The molecule has 1 aromatic carbocycles. The number of hydrazine groups is 1. The van der Waals surface area contributed by atoms with Gasteiger partial charge in [0, 0.05) is 6.42 Å². The number of rotatable bonds is 6. The molecule has 4 heteroatoms. The van der Waals surface area contributed by atoms with Gasteiger partial charge in [0.1, 0.15) is 5.75 Å². The van der Waals surface area contributed by atoms with E-state index in [1.165, 1.54) is 16.7 Å². The zero-order valence-corrected chi connectivity index (χ0v) is 11.4. The first-order valence-electron chi connectivity index (χ1n) is 6.22. The lowest BCUT2D eigenvalue weighted by Gasteiger charge is -2.12. The van der Waals surface area contributed by atoms with Crippen LogP contribution in [0.5, 0.6) is 5.75 Å². The number of amides is 1. The molecule has 0 saturated heterocycles. The summed E-state index contributed by atoms with van der Waals surface area (Å²) < 4.78 is 5.41. The van der Waals surface area contributed by atoms with Gasteiger partial charge in [-0.1, -0.05) is 6.07 Å². The number of aryl methyl sites for hydroxylation is 2. The van der Waals surface area contributed by atoms with Gasteiger partial charge < -0.3 is 4.74 Å². The first-order valence-corrected chi connectivity index (χ1v) is 6.22. The van der Waals surface area contributed by atoms with Crippen LogP contribution in [0.25, 0.3) is 0 Å². The van der Waals surface area contributed by atoms with Gasteiger partial charge in [-0.15, -0.1) is 0 Å². The average molecular weight is 250 g/mol. The lowest BCUT2D eigenvalue weighted by molar-refractivity contribution is -0.121. The zero-order valence-electron chi connectivity index (χ0n) is 11.4. The van der Waals surface area contributed by atoms with Crippen LogP contribution in [0.1, 0.15) is 36.0 Å². The van der Waals surface area contributed by atoms with Crippen LogP contribution in [0, 0.1) is 13.8 Å². The minimum absolute atomic E-state index is 0.109. The molecule has 0 aliphatic heterocycles. The van der Waals surface area contributed by atoms with E-state index in [9.17, 15) is 4.79 Å². The molecule has 0 heterocycles. The predicted molar refractivity (Wildman–Crippen MR) is 72.4 cm³/mol. The molecule has 0 unspecified atom stereocenters. The van der Waals surface area contributed by atoms with Crippen molar-refractivity contribution in [3.63, 3.8) is 0 Å². The van der Waals surface area contributed by atoms with E-state index in [0.717, 1.165) is 25.0 Å². The number of methoxy groups -OCH3 is 1. The molecule has 0 radical (unpaired) electrons. The van der Waals surface area contributed by atoms with E-state index in [1.807, 2.05) is 0 Å². The Morgan fingerprint density at radius 1 is 1.33 bits per heavy atom. The molecule has 0 aliphatic rings. The topological polar surface area (TPSA) is 64.3 Å². The third kappa shape index (κ3) is 4.04. The Hall–Kier alpha value is -1.55. The van der Waals surface area contributed by atoms with Gasteiger partial charge in [-0.2, -0.15) is 0 Å². The van der Waals surface area contributed by atoms with Gasteiger partial charge in [0.05, 0.1) is 7.11 Å². The normalized spacial score (nSPS) is 10.2. The first kappa shape index (κ1) is 14.5. The van der Waals surface area contributed by atoms with Crippen molar-refractivity contribution in [2.75, 3.05) is 7.11 Å². The second kappa shape index (κ2) is 7.01. The van der Waals surface area contributed by atoms with E-state index in [4.69, 9.17) is 10.6 Å².